The summed E-state index contributed by atoms with van der Waals surface area (Å²) in [5, 5.41) is 6.85. The molecule has 3 aromatic rings. The van der Waals surface area contributed by atoms with Crippen LogP contribution in [0.15, 0.2) is 53.1 Å². The Labute approximate surface area is 164 Å². The number of nitrogens with zero attached hydrogens (tertiary/aromatic N) is 2. The lowest BCUT2D eigenvalue weighted by Gasteiger charge is -2.10. The summed E-state index contributed by atoms with van der Waals surface area (Å²) in [4.78, 5) is 16.3. The Morgan fingerprint density at radius 1 is 1.14 bits per heavy atom. The summed E-state index contributed by atoms with van der Waals surface area (Å²) in [6.45, 7) is 4.99. The van der Waals surface area contributed by atoms with Crippen molar-refractivity contribution in [3.63, 3.8) is 0 Å². The quantitative estimate of drug-likeness (QED) is 0.571. The summed E-state index contributed by atoms with van der Waals surface area (Å²) in [6, 6.07) is 15.7. The molecule has 0 fully saturated rings. The average molecular weight is 379 g/mol. The van der Waals surface area contributed by atoms with Crippen LogP contribution in [0.2, 0.25) is 0 Å². The van der Waals surface area contributed by atoms with Gasteiger partial charge in [0.1, 0.15) is 12.4 Å². The monoisotopic (exact) mass is 379 g/mol. The lowest BCUT2D eigenvalue weighted by Crippen LogP contribution is -2.28. The summed E-state index contributed by atoms with van der Waals surface area (Å²) < 4.78 is 11.0. The summed E-state index contributed by atoms with van der Waals surface area (Å²) in [5.41, 5.74) is 3.22. The van der Waals surface area contributed by atoms with Crippen LogP contribution in [0.5, 0.6) is 5.75 Å². The van der Waals surface area contributed by atoms with Crippen LogP contribution in [0, 0.1) is 13.8 Å². The van der Waals surface area contributed by atoms with Gasteiger partial charge in [-0.05, 0) is 31.9 Å². The van der Waals surface area contributed by atoms with Crippen molar-refractivity contribution < 1.29 is 14.1 Å². The average Bonchev–Trinajstić information content (AvgIpc) is 3.16. The summed E-state index contributed by atoms with van der Waals surface area (Å²) in [7, 11) is 0. The van der Waals surface area contributed by atoms with Crippen LogP contribution in [-0.4, -0.2) is 29.2 Å². The second-order valence-corrected chi connectivity index (χ2v) is 6.70. The number of carbonyl (C=O) groups excluding carboxylic acids is 1. The van der Waals surface area contributed by atoms with E-state index in [1.165, 1.54) is 5.56 Å². The molecule has 0 aliphatic heterocycles. The van der Waals surface area contributed by atoms with Crippen molar-refractivity contribution in [3.8, 4) is 17.1 Å². The van der Waals surface area contributed by atoms with Crippen molar-refractivity contribution in [2.75, 3.05) is 13.2 Å². The van der Waals surface area contributed by atoms with Gasteiger partial charge in [0.2, 0.25) is 17.6 Å². The van der Waals surface area contributed by atoms with Gasteiger partial charge in [-0.15, -0.1) is 0 Å². The maximum Gasteiger partial charge on any atom is 0.226 e. The highest BCUT2D eigenvalue weighted by Gasteiger charge is 2.09. The Bertz CT molecular complexity index is 906. The number of hydrogen-bond acceptors (Lipinski definition) is 5. The largest absolute Gasteiger partial charge is 0.491 e. The number of nitrogens with one attached hydrogen (secondary N) is 1. The van der Waals surface area contributed by atoms with Crippen LogP contribution in [-0.2, 0) is 11.2 Å². The van der Waals surface area contributed by atoms with Crippen molar-refractivity contribution in [2.45, 2.75) is 33.1 Å². The molecule has 1 heterocycles. The minimum atomic E-state index is -0.00738. The van der Waals surface area contributed by atoms with Crippen molar-refractivity contribution in [3.05, 3.63) is 65.5 Å². The first-order valence-electron chi connectivity index (χ1n) is 9.46. The van der Waals surface area contributed by atoms with E-state index in [-0.39, 0.29) is 5.91 Å². The molecule has 0 atom stereocenters. The lowest BCUT2D eigenvalue weighted by molar-refractivity contribution is -0.121. The second kappa shape index (κ2) is 9.69. The summed E-state index contributed by atoms with van der Waals surface area (Å²) in [5.74, 6) is 1.96. The van der Waals surface area contributed by atoms with Gasteiger partial charge >= 0.3 is 0 Å². The molecule has 0 unspecified atom stereocenters. The zero-order chi connectivity index (χ0) is 19.8. The Hall–Kier alpha value is -3.15. The van der Waals surface area contributed by atoms with Crippen LogP contribution < -0.4 is 10.1 Å². The maximum atomic E-state index is 11.9. The SMILES string of the molecule is Cc1ccc(OCCNC(=O)CCCc2nc(-c3ccccc3)no2)c(C)c1. The Kier molecular flexibility index (Phi) is 6.78. The third-order valence-corrected chi connectivity index (χ3v) is 4.31. The molecule has 1 N–H and O–H groups in total. The molecular weight excluding hydrogens is 354 g/mol. The van der Waals surface area contributed by atoms with Gasteiger partial charge in [0, 0.05) is 18.4 Å². The van der Waals surface area contributed by atoms with E-state index in [9.17, 15) is 4.79 Å². The molecule has 0 aliphatic carbocycles. The third kappa shape index (κ3) is 5.67. The number of hydrogen-bond donors (Lipinski definition) is 1. The minimum Gasteiger partial charge on any atom is -0.491 e. The highest BCUT2D eigenvalue weighted by Crippen LogP contribution is 2.18. The number of amides is 1. The molecule has 0 bridgehead atoms. The smallest absolute Gasteiger partial charge is 0.226 e. The minimum absolute atomic E-state index is 0.00738. The molecule has 0 radical (unpaired) electrons. The van der Waals surface area contributed by atoms with Gasteiger partial charge in [-0.1, -0.05) is 53.2 Å². The highest BCUT2D eigenvalue weighted by atomic mass is 16.5. The lowest BCUT2D eigenvalue weighted by atomic mass is 10.1. The van der Waals surface area contributed by atoms with Gasteiger partial charge < -0.3 is 14.6 Å². The van der Waals surface area contributed by atoms with Gasteiger partial charge in [0.15, 0.2) is 0 Å². The van der Waals surface area contributed by atoms with Crippen LogP contribution >= 0.6 is 0 Å². The molecule has 2 aromatic carbocycles. The van der Waals surface area contributed by atoms with Gasteiger partial charge in [-0.25, -0.2) is 0 Å². The van der Waals surface area contributed by atoms with E-state index in [0.29, 0.717) is 44.1 Å². The first kappa shape index (κ1) is 19.6. The van der Waals surface area contributed by atoms with Crippen LogP contribution in [0.1, 0.15) is 29.9 Å². The summed E-state index contributed by atoms with van der Waals surface area (Å²) >= 11 is 0. The van der Waals surface area contributed by atoms with E-state index in [1.807, 2.05) is 56.3 Å². The molecule has 0 spiro atoms. The number of aromatic nitrogens is 2. The van der Waals surface area contributed by atoms with Gasteiger partial charge in [0.25, 0.3) is 0 Å². The molecule has 146 valence electrons. The molecule has 28 heavy (non-hydrogen) atoms. The Morgan fingerprint density at radius 2 is 1.96 bits per heavy atom. The number of benzene rings is 2. The molecule has 1 amide bonds. The van der Waals surface area contributed by atoms with E-state index in [0.717, 1.165) is 16.9 Å². The second-order valence-electron chi connectivity index (χ2n) is 6.70. The zero-order valence-electron chi connectivity index (χ0n) is 16.3. The van der Waals surface area contributed by atoms with Crippen LogP contribution in [0.25, 0.3) is 11.4 Å². The summed E-state index contributed by atoms with van der Waals surface area (Å²) in [6.07, 6.45) is 1.64. The highest BCUT2D eigenvalue weighted by molar-refractivity contribution is 5.75. The maximum absolute atomic E-state index is 11.9. The number of ether oxygens (including phenoxy) is 1. The first-order chi connectivity index (χ1) is 13.6. The van der Waals surface area contributed by atoms with Gasteiger partial charge in [0.05, 0.1) is 6.54 Å². The predicted molar refractivity (Wildman–Crippen MR) is 107 cm³/mol. The van der Waals surface area contributed by atoms with Crippen molar-refractivity contribution in [2.24, 2.45) is 0 Å². The fraction of sp³-hybridized carbons (Fsp3) is 0.318. The first-order valence-corrected chi connectivity index (χ1v) is 9.46. The number of carbonyl (C=O) groups is 1. The van der Waals surface area contributed by atoms with Crippen molar-refractivity contribution >= 4 is 5.91 Å². The van der Waals surface area contributed by atoms with Crippen LogP contribution in [0.4, 0.5) is 0 Å². The normalized spacial score (nSPS) is 10.6. The zero-order valence-corrected chi connectivity index (χ0v) is 16.3. The van der Waals surface area contributed by atoms with E-state index in [2.05, 4.69) is 21.5 Å². The fourth-order valence-electron chi connectivity index (χ4n) is 2.86. The third-order valence-electron chi connectivity index (χ3n) is 4.31. The molecule has 6 nitrogen and oxygen atoms in total. The van der Waals surface area contributed by atoms with Gasteiger partial charge in [-0.2, -0.15) is 4.98 Å². The Balaban J connectivity index is 1.33. The number of rotatable bonds is 9. The topological polar surface area (TPSA) is 77.2 Å². The van der Waals surface area contributed by atoms with Crippen molar-refractivity contribution in [1.82, 2.24) is 15.5 Å². The fourth-order valence-corrected chi connectivity index (χ4v) is 2.86. The van der Waals surface area contributed by atoms with Crippen molar-refractivity contribution in [1.29, 1.82) is 0 Å². The molecule has 6 heteroatoms. The molecule has 3 rings (SSSR count). The van der Waals surface area contributed by atoms with E-state index in [1.54, 1.807) is 0 Å². The molecule has 0 aliphatic rings. The van der Waals surface area contributed by atoms with Gasteiger partial charge in [-0.3, -0.25) is 4.79 Å². The Morgan fingerprint density at radius 3 is 2.75 bits per heavy atom. The standard InChI is InChI=1S/C22H25N3O3/c1-16-11-12-19(17(2)15-16)27-14-13-23-20(26)9-6-10-21-24-22(25-28-21)18-7-4-3-5-8-18/h3-5,7-8,11-12,15H,6,9-10,13-14H2,1-2H3,(H,23,26). The van der Waals surface area contributed by atoms with Crippen LogP contribution in [0.3, 0.4) is 0 Å². The predicted octanol–water partition coefficient (Wildman–Crippen LogP) is 3.87. The molecular formula is C22H25N3O3. The molecule has 1 aromatic heterocycles. The van der Waals surface area contributed by atoms with E-state index < -0.39 is 0 Å². The van der Waals surface area contributed by atoms with E-state index >= 15 is 0 Å². The molecule has 0 saturated heterocycles. The molecule has 0 saturated carbocycles. The van der Waals surface area contributed by atoms with E-state index in [4.69, 9.17) is 9.26 Å². The number of aryl methyl sites for hydroxylation is 3.